The lowest BCUT2D eigenvalue weighted by atomic mass is 9.39. The van der Waals surface area contributed by atoms with Crippen molar-refractivity contribution in [1.29, 1.82) is 0 Å². The lowest BCUT2D eigenvalue weighted by Crippen LogP contribution is -2.76. The highest BCUT2D eigenvalue weighted by atomic mass is 16.3. The molecule has 2 fully saturated rings. The summed E-state index contributed by atoms with van der Waals surface area (Å²) < 4.78 is 0. The Labute approximate surface area is 218 Å². The van der Waals surface area contributed by atoms with E-state index in [1.807, 2.05) is 33.8 Å². The van der Waals surface area contributed by atoms with Gasteiger partial charge in [-0.25, -0.2) is 0 Å². The van der Waals surface area contributed by atoms with Crippen molar-refractivity contribution in [3.8, 4) is 5.75 Å². The second-order valence-corrected chi connectivity index (χ2v) is 13.5. The van der Waals surface area contributed by atoms with Gasteiger partial charge in [0.05, 0.1) is 11.5 Å². The molecule has 0 radical (unpaired) electrons. The zero-order valence-electron chi connectivity index (χ0n) is 23.2. The first kappa shape index (κ1) is 27.4. The molecule has 0 amide bonds. The molecule has 4 rings (SSSR count). The van der Waals surface area contributed by atoms with E-state index in [2.05, 4.69) is 0 Å². The van der Waals surface area contributed by atoms with Crippen molar-refractivity contribution >= 4 is 28.9 Å². The quantitative estimate of drug-likeness (QED) is 0.581. The molecular weight excluding hydrogens is 472 g/mol. The predicted molar refractivity (Wildman–Crippen MR) is 136 cm³/mol. The molecule has 0 aliphatic heterocycles. The highest BCUT2D eigenvalue weighted by Gasteiger charge is 2.76. The highest BCUT2D eigenvalue weighted by molar-refractivity contribution is 6.32. The van der Waals surface area contributed by atoms with Crippen molar-refractivity contribution in [2.24, 2.45) is 34.5 Å². The molecule has 0 saturated heterocycles. The van der Waals surface area contributed by atoms with E-state index in [4.69, 9.17) is 0 Å². The van der Waals surface area contributed by atoms with Gasteiger partial charge in [0, 0.05) is 16.9 Å². The maximum Gasteiger partial charge on any atom is 0.190 e. The van der Waals surface area contributed by atoms with Crippen LogP contribution in [-0.4, -0.2) is 44.7 Å². The van der Waals surface area contributed by atoms with Crippen molar-refractivity contribution in [2.75, 3.05) is 0 Å². The van der Waals surface area contributed by atoms with E-state index in [-0.39, 0.29) is 30.1 Å². The largest absolute Gasteiger partial charge is 0.507 e. The standard InChI is InChI=1S/C30H38O7/c1-13(2)20-23(33)18(15(4)31)25(35)30(37)26(36)21-24(34)19-16(11-28(21,8)12-29(20,30)9)14(3)10-17(22(19)32)27(5,6)7/h10,13,18,20-21,32,37H,11-12H2,1-9H3/t18?,20?,21?,28-,29-,30+/m1/s1. The van der Waals surface area contributed by atoms with Gasteiger partial charge in [0.15, 0.2) is 28.7 Å². The Hall–Kier alpha value is -2.67. The Morgan fingerprint density at radius 3 is 2.14 bits per heavy atom. The second-order valence-electron chi connectivity index (χ2n) is 13.5. The van der Waals surface area contributed by atoms with Crippen LogP contribution in [0.4, 0.5) is 0 Å². The number of fused-ring (bicyclic) bond motifs is 3. The Morgan fingerprint density at radius 2 is 1.65 bits per heavy atom. The first-order valence-corrected chi connectivity index (χ1v) is 13.0. The van der Waals surface area contributed by atoms with E-state index in [0.29, 0.717) is 11.1 Å². The fraction of sp³-hybridized carbons (Fsp3) is 0.633. The number of hydrogen-bond donors (Lipinski definition) is 2. The summed E-state index contributed by atoms with van der Waals surface area (Å²) in [7, 11) is 0. The van der Waals surface area contributed by atoms with Crippen LogP contribution in [0.25, 0.3) is 0 Å². The van der Waals surface area contributed by atoms with Gasteiger partial charge in [0.2, 0.25) is 0 Å². The van der Waals surface area contributed by atoms with E-state index in [1.165, 1.54) is 0 Å². The SMILES string of the molecule is CC(=O)C1C(=O)C(C(C)C)[C@@]2(C)C[C@@]3(C)Cc4c(C)cc(C(C)(C)C)c(O)c4C(=O)C3C(=O)[C@@]2(O)C1=O. The number of rotatable bonds is 2. The predicted octanol–water partition coefficient (Wildman–Crippen LogP) is 3.70. The van der Waals surface area contributed by atoms with E-state index >= 15 is 0 Å². The number of hydrogen-bond acceptors (Lipinski definition) is 7. The van der Waals surface area contributed by atoms with Crippen molar-refractivity contribution in [1.82, 2.24) is 0 Å². The third-order valence-corrected chi connectivity index (χ3v) is 9.41. The third kappa shape index (κ3) is 3.32. The molecule has 1 aromatic rings. The number of aromatic hydroxyl groups is 1. The Morgan fingerprint density at radius 1 is 1.08 bits per heavy atom. The van der Waals surface area contributed by atoms with Crippen LogP contribution >= 0.6 is 0 Å². The van der Waals surface area contributed by atoms with Crippen LogP contribution in [0.15, 0.2) is 6.07 Å². The first-order valence-electron chi connectivity index (χ1n) is 13.0. The van der Waals surface area contributed by atoms with Gasteiger partial charge in [-0.15, -0.1) is 0 Å². The molecule has 0 bridgehead atoms. The van der Waals surface area contributed by atoms with Crippen LogP contribution in [0.3, 0.4) is 0 Å². The molecule has 0 heterocycles. The van der Waals surface area contributed by atoms with Gasteiger partial charge in [0.1, 0.15) is 17.5 Å². The molecule has 3 aliphatic rings. The molecule has 2 N–H and O–H groups in total. The van der Waals surface area contributed by atoms with Gasteiger partial charge >= 0.3 is 0 Å². The summed E-state index contributed by atoms with van der Waals surface area (Å²) in [6.45, 7) is 15.6. The summed E-state index contributed by atoms with van der Waals surface area (Å²) in [5.41, 5.74) is -3.54. The molecule has 7 nitrogen and oxygen atoms in total. The van der Waals surface area contributed by atoms with Gasteiger partial charge in [0.25, 0.3) is 0 Å². The molecule has 3 unspecified atom stereocenters. The number of phenolic OH excluding ortho intramolecular Hbond substituents is 1. The van der Waals surface area contributed by atoms with Gasteiger partial charge < -0.3 is 10.2 Å². The minimum Gasteiger partial charge on any atom is -0.507 e. The molecule has 3 aliphatic carbocycles. The molecular formula is C30H38O7. The molecule has 0 aromatic heterocycles. The average Bonchev–Trinajstić information content (AvgIpc) is 2.71. The van der Waals surface area contributed by atoms with E-state index in [0.717, 1.165) is 12.5 Å². The molecule has 0 spiro atoms. The van der Waals surface area contributed by atoms with Crippen molar-refractivity contribution in [2.45, 2.75) is 86.2 Å². The molecule has 7 heteroatoms. The van der Waals surface area contributed by atoms with Crippen molar-refractivity contribution in [3.63, 3.8) is 0 Å². The second kappa shape index (κ2) is 7.92. The zero-order chi connectivity index (χ0) is 28.2. The van der Waals surface area contributed by atoms with E-state index < -0.39 is 68.5 Å². The number of carbonyl (C=O) groups is 5. The lowest BCUT2D eigenvalue weighted by molar-refractivity contribution is -0.205. The van der Waals surface area contributed by atoms with Crippen LogP contribution in [0.2, 0.25) is 0 Å². The smallest absolute Gasteiger partial charge is 0.190 e. The van der Waals surface area contributed by atoms with Gasteiger partial charge in [-0.2, -0.15) is 0 Å². The third-order valence-electron chi connectivity index (χ3n) is 9.41. The minimum atomic E-state index is -2.67. The molecule has 200 valence electrons. The highest BCUT2D eigenvalue weighted by Crippen LogP contribution is 2.64. The summed E-state index contributed by atoms with van der Waals surface area (Å²) in [6, 6.07) is 1.87. The summed E-state index contributed by atoms with van der Waals surface area (Å²) in [5, 5.41) is 23.3. The number of phenols is 1. The first-order chi connectivity index (χ1) is 16.8. The monoisotopic (exact) mass is 510 g/mol. The van der Waals surface area contributed by atoms with Crippen LogP contribution in [0.1, 0.15) is 88.9 Å². The Kier molecular flexibility index (Phi) is 5.86. The van der Waals surface area contributed by atoms with Crippen LogP contribution in [0, 0.1) is 41.4 Å². The fourth-order valence-electron chi connectivity index (χ4n) is 7.95. The molecule has 6 atom stereocenters. The summed E-state index contributed by atoms with van der Waals surface area (Å²) in [4.78, 5) is 68.0. The zero-order valence-corrected chi connectivity index (χ0v) is 23.2. The van der Waals surface area contributed by atoms with Crippen LogP contribution < -0.4 is 0 Å². The van der Waals surface area contributed by atoms with Crippen LogP contribution in [-0.2, 0) is 31.0 Å². The van der Waals surface area contributed by atoms with Gasteiger partial charge in [-0.1, -0.05) is 54.5 Å². The molecule has 37 heavy (non-hydrogen) atoms. The van der Waals surface area contributed by atoms with Gasteiger partial charge in [-0.05, 0) is 54.6 Å². The topological polar surface area (TPSA) is 126 Å². The maximum absolute atomic E-state index is 14.3. The average molecular weight is 511 g/mol. The number of ketones is 5. The number of aliphatic hydroxyl groups is 1. The fourth-order valence-corrected chi connectivity index (χ4v) is 7.95. The van der Waals surface area contributed by atoms with E-state index in [1.54, 1.807) is 27.7 Å². The van der Waals surface area contributed by atoms with E-state index in [9.17, 15) is 34.2 Å². The minimum absolute atomic E-state index is 0.0598. The summed E-state index contributed by atoms with van der Waals surface area (Å²) >= 11 is 0. The Bertz CT molecular complexity index is 1280. The van der Waals surface area contributed by atoms with Gasteiger partial charge in [-0.3, -0.25) is 24.0 Å². The molecule has 1 aromatic carbocycles. The van der Waals surface area contributed by atoms with Crippen molar-refractivity contribution < 1.29 is 34.2 Å². The number of aryl methyl sites for hydroxylation is 1. The molecule has 2 saturated carbocycles. The number of carbonyl (C=O) groups excluding carboxylic acids is 5. The number of Topliss-reactive ketones (excluding diaryl/α,β-unsaturated/α-hetero) is 5. The maximum atomic E-state index is 14.3. The summed E-state index contributed by atoms with van der Waals surface area (Å²) in [6.07, 6.45) is 0.327. The van der Waals surface area contributed by atoms with Crippen molar-refractivity contribution in [3.05, 3.63) is 28.3 Å². The lowest BCUT2D eigenvalue weighted by Gasteiger charge is -2.62. The summed E-state index contributed by atoms with van der Waals surface area (Å²) in [5.74, 6) is -8.61. The van der Waals surface area contributed by atoms with Crippen LogP contribution in [0.5, 0.6) is 5.75 Å². The Balaban J connectivity index is 2.00. The normalized spacial score (nSPS) is 35.8. The number of benzene rings is 1.